The Morgan fingerprint density at radius 3 is 2.58 bits per heavy atom. The number of hydrogen-bond donors (Lipinski definition) is 1. The number of hydrogen-bond acceptors (Lipinski definition) is 5. The summed E-state index contributed by atoms with van der Waals surface area (Å²) < 4.78 is 0. The topological polar surface area (TPSA) is 63.6 Å². The third-order valence-electron chi connectivity index (χ3n) is 2.90. The van der Waals surface area contributed by atoms with Crippen molar-refractivity contribution in [3.63, 3.8) is 0 Å². The van der Waals surface area contributed by atoms with Crippen molar-refractivity contribution >= 4 is 17.0 Å². The normalized spacial score (nSPS) is 12.3. The second kappa shape index (κ2) is 4.97. The molecule has 5 heteroatoms. The molecule has 0 aliphatic carbocycles. The number of aromatic nitrogens is 4. The molecule has 0 radical (unpaired) electrons. The van der Waals surface area contributed by atoms with E-state index in [2.05, 4.69) is 32.2 Å². The molecule has 3 aromatic heterocycles. The van der Waals surface area contributed by atoms with E-state index in [0.717, 1.165) is 16.9 Å². The van der Waals surface area contributed by atoms with Crippen molar-refractivity contribution in [1.29, 1.82) is 0 Å². The van der Waals surface area contributed by atoms with Crippen molar-refractivity contribution in [2.75, 3.05) is 5.32 Å². The Bertz CT molecular complexity index is 683. The maximum Gasteiger partial charge on any atom is 0.180 e. The molecule has 0 amide bonds. The number of anilines is 1. The van der Waals surface area contributed by atoms with Crippen molar-refractivity contribution in [3.8, 4) is 0 Å². The van der Waals surface area contributed by atoms with Crippen LogP contribution in [0.2, 0.25) is 0 Å². The van der Waals surface area contributed by atoms with Gasteiger partial charge in [0.2, 0.25) is 0 Å². The molecular formula is C14H13N5. The summed E-state index contributed by atoms with van der Waals surface area (Å²) >= 11 is 0. The molecule has 0 saturated heterocycles. The smallest absolute Gasteiger partial charge is 0.180 e. The van der Waals surface area contributed by atoms with E-state index in [0.29, 0.717) is 5.65 Å². The lowest BCUT2D eigenvalue weighted by atomic mass is 10.1. The fourth-order valence-corrected chi connectivity index (χ4v) is 1.89. The highest BCUT2D eigenvalue weighted by Gasteiger charge is 2.06. The summed E-state index contributed by atoms with van der Waals surface area (Å²) in [6.45, 7) is 2.08. The van der Waals surface area contributed by atoms with Gasteiger partial charge in [0.1, 0.15) is 11.3 Å². The zero-order valence-corrected chi connectivity index (χ0v) is 10.5. The largest absolute Gasteiger partial charge is 0.363 e. The van der Waals surface area contributed by atoms with Crippen molar-refractivity contribution in [2.45, 2.75) is 13.0 Å². The molecule has 0 fully saturated rings. The maximum atomic E-state index is 4.44. The molecule has 1 N–H and O–H groups in total. The van der Waals surface area contributed by atoms with Crippen LogP contribution in [0, 0.1) is 0 Å². The fourth-order valence-electron chi connectivity index (χ4n) is 1.89. The lowest BCUT2D eigenvalue weighted by molar-refractivity contribution is 0.872. The van der Waals surface area contributed by atoms with E-state index >= 15 is 0 Å². The zero-order chi connectivity index (χ0) is 13.1. The summed E-state index contributed by atoms with van der Waals surface area (Å²) in [6.07, 6.45) is 6.88. The maximum absolute atomic E-state index is 4.44. The molecule has 3 rings (SSSR count). The van der Waals surface area contributed by atoms with Crippen LogP contribution in [0.25, 0.3) is 11.2 Å². The van der Waals surface area contributed by atoms with Gasteiger partial charge >= 0.3 is 0 Å². The lowest BCUT2D eigenvalue weighted by Gasteiger charge is -2.14. The van der Waals surface area contributed by atoms with Gasteiger partial charge in [-0.3, -0.25) is 9.97 Å². The van der Waals surface area contributed by atoms with Gasteiger partial charge in [0, 0.05) is 24.8 Å². The van der Waals surface area contributed by atoms with Gasteiger partial charge in [-0.2, -0.15) is 0 Å². The third-order valence-corrected chi connectivity index (χ3v) is 2.90. The first-order valence-electron chi connectivity index (χ1n) is 6.07. The Morgan fingerprint density at radius 2 is 1.74 bits per heavy atom. The summed E-state index contributed by atoms with van der Waals surface area (Å²) in [5.41, 5.74) is 2.61. The van der Waals surface area contributed by atoms with Crippen LogP contribution >= 0.6 is 0 Å². The van der Waals surface area contributed by atoms with Crippen molar-refractivity contribution < 1.29 is 0 Å². The third kappa shape index (κ3) is 2.49. The van der Waals surface area contributed by atoms with E-state index in [1.54, 1.807) is 24.8 Å². The molecule has 3 aromatic rings. The van der Waals surface area contributed by atoms with Crippen LogP contribution in [-0.2, 0) is 0 Å². The van der Waals surface area contributed by atoms with Gasteiger partial charge in [-0.15, -0.1) is 0 Å². The molecule has 19 heavy (non-hydrogen) atoms. The lowest BCUT2D eigenvalue weighted by Crippen LogP contribution is -2.08. The average Bonchev–Trinajstić information content (AvgIpc) is 2.48. The molecule has 3 heterocycles. The minimum atomic E-state index is 0.157. The molecule has 0 aromatic carbocycles. The predicted octanol–water partition coefficient (Wildman–Crippen LogP) is 2.59. The van der Waals surface area contributed by atoms with Gasteiger partial charge < -0.3 is 5.32 Å². The van der Waals surface area contributed by atoms with Gasteiger partial charge in [-0.25, -0.2) is 9.97 Å². The van der Waals surface area contributed by atoms with Crippen LogP contribution < -0.4 is 5.32 Å². The molecule has 0 saturated carbocycles. The zero-order valence-electron chi connectivity index (χ0n) is 10.5. The van der Waals surface area contributed by atoms with E-state index in [-0.39, 0.29) is 6.04 Å². The Hall–Kier alpha value is -2.56. The fraction of sp³-hybridized carbons (Fsp3) is 0.143. The van der Waals surface area contributed by atoms with Crippen LogP contribution in [0.4, 0.5) is 5.82 Å². The Morgan fingerprint density at radius 1 is 0.947 bits per heavy atom. The minimum absolute atomic E-state index is 0.157. The summed E-state index contributed by atoms with van der Waals surface area (Å²) in [4.78, 5) is 16.9. The van der Waals surface area contributed by atoms with Crippen molar-refractivity contribution in [2.24, 2.45) is 0 Å². The predicted molar refractivity (Wildman–Crippen MR) is 73.6 cm³/mol. The molecule has 0 spiro atoms. The first kappa shape index (κ1) is 11.5. The average molecular weight is 251 g/mol. The number of nitrogens with one attached hydrogen (secondary N) is 1. The molecule has 1 unspecified atom stereocenters. The van der Waals surface area contributed by atoms with E-state index in [1.165, 1.54) is 0 Å². The van der Waals surface area contributed by atoms with Gasteiger partial charge in [-0.1, -0.05) is 0 Å². The Kier molecular flexibility index (Phi) is 3.02. The SMILES string of the molecule is CC(Nc1ccc2nccnc2n1)c1ccncc1. The van der Waals surface area contributed by atoms with Crippen LogP contribution in [0.1, 0.15) is 18.5 Å². The van der Waals surface area contributed by atoms with Gasteiger partial charge in [0.05, 0.1) is 6.04 Å². The number of pyridine rings is 2. The summed E-state index contributed by atoms with van der Waals surface area (Å²) in [7, 11) is 0. The number of nitrogens with zero attached hydrogens (tertiary/aromatic N) is 4. The van der Waals surface area contributed by atoms with Gasteiger partial charge in [0.25, 0.3) is 0 Å². The first-order valence-corrected chi connectivity index (χ1v) is 6.07. The summed E-state index contributed by atoms with van der Waals surface area (Å²) in [6, 6.07) is 7.95. The molecule has 94 valence electrons. The highest BCUT2D eigenvalue weighted by molar-refractivity contribution is 5.71. The summed E-state index contributed by atoms with van der Waals surface area (Å²) in [5.74, 6) is 0.789. The molecular weight excluding hydrogens is 238 g/mol. The molecule has 0 aliphatic rings. The van der Waals surface area contributed by atoms with Crippen molar-refractivity contribution in [3.05, 3.63) is 54.6 Å². The second-order valence-electron chi connectivity index (χ2n) is 4.24. The van der Waals surface area contributed by atoms with Gasteiger partial charge in [0.15, 0.2) is 5.65 Å². The van der Waals surface area contributed by atoms with E-state index in [1.807, 2.05) is 24.3 Å². The van der Waals surface area contributed by atoms with E-state index in [9.17, 15) is 0 Å². The molecule has 1 atom stereocenters. The number of rotatable bonds is 3. The van der Waals surface area contributed by atoms with E-state index in [4.69, 9.17) is 0 Å². The molecule has 0 bridgehead atoms. The Labute approximate surface area is 110 Å². The van der Waals surface area contributed by atoms with Gasteiger partial charge in [-0.05, 0) is 36.8 Å². The first-order chi connectivity index (χ1) is 9.33. The minimum Gasteiger partial charge on any atom is -0.363 e. The molecule has 5 nitrogen and oxygen atoms in total. The molecule has 0 aliphatic heterocycles. The Balaban J connectivity index is 1.85. The highest BCUT2D eigenvalue weighted by atomic mass is 15.0. The standard InChI is InChI=1S/C14H13N5/c1-10(11-4-6-15-7-5-11)18-13-3-2-12-14(19-13)17-9-8-16-12/h2-10H,1H3,(H,17,18,19). The quantitative estimate of drug-likeness (QED) is 0.775. The monoisotopic (exact) mass is 251 g/mol. The van der Waals surface area contributed by atoms with Crippen LogP contribution in [0.5, 0.6) is 0 Å². The summed E-state index contributed by atoms with van der Waals surface area (Å²) in [5, 5.41) is 3.34. The van der Waals surface area contributed by atoms with Crippen LogP contribution in [0.3, 0.4) is 0 Å². The van der Waals surface area contributed by atoms with Crippen LogP contribution in [0.15, 0.2) is 49.1 Å². The second-order valence-corrected chi connectivity index (χ2v) is 4.24. The van der Waals surface area contributed by atoms with Crippen LogP contribution in [-0.4, -0.2) is 19.9 Å². The number of fused-ring (bicyclic) bond motifs is 1. The van der Waals surface area contributed by atoms with E-state index < -0.39 is 0 Å². The highest BCUT2D eigenvalue weighted by Crippen LogP contribution is 2.18. The van der Waals surface area contributed by atoms with Crippen molar-refractivity contribution in [1.82, 2.24) is 19.9 Å².